The molecule has 1 aromatic carbocycles. The number of alkyl carbamates (subject to hydrolysis) is 1. The number of ketones is 1. The first-order valence-corrected chi connectivity index (χ1v) is 17.6. The Hall–Kier alpha value is -0.777. The van der Waals surface area contributed by atoms with Crippen molar-refractivity contribution in [1.82, 2.24) is 5.32 Å². The van der Waals surface area contributed by atoms with Gasteiger partial charge in [-0.05, 0) is 64.8 Å². The molecule has 0 unspecified atom stereocenters. The van der Waals surface area contributed by atoms with Crippen LogP contribution in [-0.2, 0) is 28.5 Å². The second-order valence-corrected chi connectivity index (χ2v) is 15.9. The number of carbonyl (C=O) groups is 4. The van der Waals surface area contributed by atoms with Crippen LogP contribution in [0.5, 0.6) is 0 Å². The molecule has 3 fully saturated rings. The minimum atomic E-state index is -2.29. The smallest absolute Gasteiger partial charge is 0.407 e. The average molecular weight is 1180 g/mol. The normalized spacial score (nSPS) is 34.7. The summed E-state index contributed by atoms with van der Waals surface area (Å²) in [7, 11) is 0. The van der Waals surface area contributed by atoms with E-state index in [-0.39, 0.29) is 118 Å². The van der Waals surface area contributed by atoms with Crippen LogP contribution in [0, 0.1) is 105 Å². The van der Waals surface area contributed by atoms with Crippen molar-refractivity contribution in [3.8, 4) is 0 Å². The number of aliphatic hydroxyl groups excluding tert-OH is 3. The number of fused-ring (bicyclic) bond motifs is 5. The van der Waals surface area contributed by atoms with Crippen molar-refractivity contribution in [1.29, 1.82) is 0 Å². The summed E-state index contributed by atoms with van der Waals surface area (Å²) in [6.07, 6.45) is -10.2. The predicted octanol–water partition coefficient (Wildman–Crippen LogP) is 1.89. The third kappa shape index (κ3) is 8.24. The van der Waals surface area contributed by atoms with Crippen LogP contribution >= 0.6 is 0 Å². The van der Waals surface area contributed by atoms with Gasteiger partial charge in [-0.2, -0.15) is 0 Å². The zero-order chi connectivity index (χ0) is 38.7. The SMILES string of the molecule is CC(C)=C[C@H](NC(=O)OC(C)C)[C@@H](O)C(=O)O[C@H]1C[C@@]2(O)[C@@H](OC(=O)c3ccccc3)[C@@H]3[C@]4(O)CO[C@@H]4C[C@H](O)[C@@]3(C)C(=O)[C@H](O)C(=C1C)C2(C)C.[Ac].[Ac]. The zero-order valence-corrected chi connectivity index (χ0v) is 41.4. The molecule has 0 aromatic heterocycles. The molecular formula is C38H51Ac2NO13. The molecule has 4 aliphatic rings. The number of amides is 1. The van der Waals surface area contributed by atoms with Gasteiger partial charge in [0.15, 0.2) is 11.9 Å². The summed E-state index contributed by atoms with van der Waals surface area (Å²) in [4.78, 5) is 54.6. The number of nitrogens with one attached hydrogen (secondary N) is 1. The molecule has 1 aromatic rings. The first-order valence-electron chi connectivity index (χ1n) is 17.6. The minimum absolute atomic E-state index is 0. The molecule has 1 amide bonds. The molecule has 2 radical (unpaired) electrons. The van der Waals surface area contributed by atoms with Crippen LogP contribution in [0.3, 0.4) is 0 Å². The van der Waals surface area contributed by atoms with Crippen molar-refractivity contribution < 1.29 is 152 Å². The van der Waals surface area contributed by atoms with E-state index in [1.807, 2.05) is 0 Å². The molecule has 14 nitrogen and oxygen atoms in total. The van der Waals surface area contributed by atoms with Crippen molar-refractivity contribution in [3.63, 3.8) is 0 Å². The predicted molar refractivity (Wildman–Crippen MR) is 183 cm³/mol. The molecule has 54 heavy (non-hydrogen) atoms. The van der Waals surface area contributed by atoms with Gasteiger partial charge >= 0.3 is 18.0 Å². The molecule has 2 saturated carbocycles. The topological polar surface area (TPSA) is 218 Å². The molecule has 0 spiro atoms. The quantitative estimate of drug-likeness (QED) is 0.125. The van der Waals surface area contributed by atoms with E-state index in [1.165, 1.54) is 32.1 Å². The molecule has 292 valence electrons. The maximum absolute atomic E-state index is 14.6. The van der Waals surface area contributed by atoms with Crippen molar-refractivity contribution >= 4 is 23.8 Å². The monoisotopic (exact) mass is 1180 g/mol. The van der Waals surface area contributed by atoms with Crippen molar-refractivity contribution in [2.45, 2.75) is 128 Å². The van der Waals surface area contributed by atoms with Gasteiger partial charge in [-0.25, -0.2) is 14.4 Å². The molecule has 5 rings (SSSR count). The number of rotatable bonds is 8. The van der Waals surface area contributed by atoms with Crippen LogP contribution in [0.25, 0.3) is 0 Å². The number of carbonyl (C=O) groups excluding carboxylic acids is 4. The number of ether oxygens (including phenoxy) is 4. The number of benzene rings is 1. The van der Waals surface area contributed by atoms with Crippen molar-refractivity contribution in [2.24, 2.45) is 16.7 Å². The van der Waals surface area contributed by atoms with E-state index in [9.17, 15) is 44.7 Å². The van der Waals surface area contributed by atoms with Gasteiger partial charge in [-0.1, -0.05) is 43.7 Å². The minimum Gasteiger partial charge on any atom is -0.456 e. The average Bonchev–Trinajstić information content (AvgIpc) is 3.06. The van der Waals surface area contributed by atoms with E-state index in [0.717, 1.165) is 0 Å². The molecule has 1 aliphatic heterocycles. The third-order valence-electron chi connectivity index (χ3n) is 11.6. The maximum Gasteiger partial charge on any atom is 0.407 e. The van der Waals surface area contributed by atoms with Gasteiger partial charge in [0.05, 0.1) is 41.9 Å². The summed E-state index contributed by atoms with van der Waals surface area (Å²) in [5.74, 6) is -4.51. The van der Waals surface area contributed by atoms with Gasteiger partial charge in [0, 0.05) is 112 Å². The first kappa shape index (κ1) is 47.6. The Kier molecular flexibility index (Phi) is 15.5. The zero-order valence-electron chi connectivity index (χ0n) is 31.9. The Morgan fingerprint density at radius 3 is 2.17 bits per heavy atom. The largest absolute Gasteiger partial charge is 0.456 e. The Bertz CT molecular complexity index is 1660. The fourth-order valence-corrected chi connectivity index (χ4v) is 8.69. The number of Topliss-reactive ketones (excluding diaryl/α,β-unsaturated/α-hetero) is 1. The number of esters is 2. The van der Waals surface area contributed by atoms with Gasteiger partial charge < -0.3 is 49.8 Å². The maximum atomic E-state index is 14.6. The van der Waals surface area contributed by atoms with Gasteiger partial charge in [0.2, 0.25) is 0 Å². The van der Waals surface area contributed by atoms with Gasteiger partial charge in [-0.3, -0.25) is 4.79 Å². The van der Waals surface area contributed by atoms with Crippen molar-refractivity contribution in [3.05, 3.63) is 58.7 Å². The van der Waals surface area contributed by atoms with E-state index in [1.54, 1.807) is 59.7 Å². The summed E-state index contributed by atoms with van der Waals surface area (Å²) >= 11 is 0. The number of hydrogen-bond acceptors (Lipinski definition) is 13. The van der Waals surface area contributed by atoms with Crippen LogP contribution in [0.1, 0.15) is 78.6 Å². The van der Waals surface area contributed by atoms with E-state index < -0.39 is 107 Å². The molecule has 2 bridgehead atoms. The molecule has 11 atom stereocenters. The first-order chi connectivity index (χ1) is 24.1. The summed E-state index contributed by atoms with van der Waals surface area (Å²) < 4.78 is 22.8. The van der Waals surface area contributed by atoms with E-state index in [2.05, 4.69) is 5.32 Å². The summed E-state index contributed by atoms with van der Waals surface area (Å²) in [6, 6.07) is 6.60. The van der Waals surface area contributed by atoms with E-state index >= 15 is 0 Å². The Balaban J connectivity index is 0.00000392. The van der Waals surface area contributed by atoms with Crippen LogP contribution in [0.2, 0.25) is 0 Å². The van der Waals surface area contributed by atoms with Gasteiger partial charge in [0.1, 0.15) is 29.5 Å². The fraction of sp³-hybridized carbons (Fsp3) is 0.632. The van der Waals surface area contributed by atoms with Crippen LogP contribution in [0.4, 0.5) is 4.79 Å². The van der Waals surface area contributed by atoms with Crippen molar-refractivity contribution in [2.75, 3.05) is 6.61 Å². The van der Waals surface area contributed by atoms with E-state index in [0.29, 0.717) is 5.57 Å². The molecule has 16 heteroatoms. The Morgan fingerprint density at radius 2 is 1.63 bits per heavy atom. The van der Waals surface area contributed by atoms with Gasteiger partial charge in [0.25, 0.3) is 0 Å². The fourth-order valence-electron chi connectivity index (χ4n) is 8.69. The molecule has 3 aliphatic carbocycles. The number of allylic oxidation sites excluding steroid dienone is 1. The Labute approximate surface area is 386 Å². The second-order valence-electron chi connectivity index (χ2n) is 15.9. The van der Waals surface area contributed by atoms with Crippen LogP contribution in [0.15, 0.2) is 53.1 Å². The number of hydrogen-bond donors (Lipinski definition) is 6. The Morgan fingerprint density at radius 1 is 1.02 bits per heavy atom. The van der Waals surface area contributed by atoms with E-state index in [4.69, 9.17) is 18.9 Å². The standard InChI is InChI=1S/C38H51NO13.2Ac/c1-18(2)14-22(39-34(46)50-19(3)4)27(41)33(45)51-23-16-38(48)31(52-32(44)21-12-10-9-11-13-21)29-36(8,24(40)15-25-37(29,47)17-49-25)30(43)28(42)26(20(23)5)35(38,6)7;;/h9-14,19,22-25,27-29,31,40-42,47-48H,15-17H2,1-8H3,(H,39,46);;/t22-,23-,24-,25+,27+,28+,29-,31-,36+,37-,38+;;/m0../s1. The summed E-state index contributed by atoms with van der Waals surface area (Å²) in [5, 5.41) is 62.5. The summed E-state index contributed by atoms with van der Waals surface area (Å²) in [5.41, 5.74) is -6.82. The molecule has 1 saturated heterocycles. The van der Waals surface area contributed by atoms with Crippen LogP contribution in [-0.4, -0.2) is 116 Å². The molecular weight excluding hydrogens is 1130 g/mol. The molecule has 6 N–H and O–H groups in total. The summed E-state index contributed by atoms with van der Waals surface area (Å²) in [6.45, 7) is 12.3. The third-order valence-corrected chi connectivity index (χ3v) is 11.6. The van der Waals surface area contributed by atoms with Gasteiger partial charge in [-0.15, -0.1) is 0 Å². The number of aliphatic hydroxyl groups is 5. The second kappa shape index (κ2) is 17.6. The molecule has 1 heterocycles. The van der Waals surface area contributed by atoms with Crippen LogP contribution < -0.4 is 5.32 Å².